The lowest BCUT2D eigenvalue weighted by Gasteiger charge is -2.13. The number of pyridine rings is 1. The fourth-order valence-corrected chi connectivity index (χ4v) is 2.60. The predicted octanol–water partition coefficient (Wildman–Crippen LogP) is 3.30. The maximum atomic E-state index is 12.5. The molecule has 1 heterocycles. The number of hydrogen-bond donors (Lipinski definition) is 2. The number of nitrogens with zero attached hydrogens (tertiary/aromatic N) is 2. The van der Waals surface area contributed by atoms with E-state index in [-0.39, 0.29) is 11.5 Å². The Bertz CT molecular complexity index is 773. The zero-order chi connectivity index (χ0) is 20.4. The fraction of sp³-hybridized carbons (Fsp3) is 0.368. The van der Waals surface area contributed by atoms with E-state index in [0.717, 1.165) is 17.5 Å². The number of benzene rings is 1. The summed E-state index contributed by atoms with van der Waals surface area (Å²) in [4.78, 5) is 8.21. The van der Waals surface area contributed by atoms with Gasteiger partial charge in [-0.1, -0.05) is 23.7 Å². The zero-order valence-electron chi connectivity index (χ0n) is 15.7. The quantitative estimate of drug-likeness (QED) is 0.376. The molecule has 0 spiro atoms. The third-order valence-electron chi connectivity index (χ3n) is 3.87. The summed E-state index contributed by atoms with van der Waals surface area (Å²) in [7, 11) is 3.09. The summed E-state index contributed by atoms with van der Waals surface area (Å²) >= 11 is 5.77. The largest absolute Gasteiger partial charge is 0.493 e. The van der Waals surface area contributed by atoms with Crippen molar-refractivity contribution in [3.05, 3.63) is 52.8 Å². The number of nitrogens with one attached hydrogen (secondary N) is 2. The Kier molecular flexibility index (Phi) is 8.74. The van der Waals surface area contributed by atoms with Gasteiger partial charge in [0, 0.05) is 26.3 Å². The highest BCUT2D eigenvalue weighted by Crippen LogP contribution is 2.29. The van der Waals surface area contributed by atoms with Crippen molar-refractivity contribution in [2.24, 2.45) is 4.99 Å². The van der Waals surface area contributed by atoms with Crippen LogP contribution in [0.2, 0.25) is 5.15 Å². The van der Waals surface area contributed by atoms with Gasteiger partial charge in [0.2, 0.25) is 0 Å². The summed E-state index contributed by atoms with van der Waals surface area (Å²) in [6, 6.07) is 8.65. The Morgan fingerprint density at radius 2 is 1.79 bits per heavy atom. The molecule has 0 unspecified atom stereocenters. The Morgan fingerprint density at radius 3 is 2.36 bits per heavy atom. The molecule has 1 aromatic carbocycles. The molecule has 0 saturated heterocycles. The number of aliphatic imine (C=N–C) groups is 1. The Hall–Kier alpha value is -2.61. The van der Waals surface area contributed by atoms with Crippen LogP contribution in [-0.4, -0.2) is 44.8 Å². The van der Waals surface area contributed by atoms with Crippen LogP contribution in [0, 0.1) is 0 Å². The van der Waals surface area contributed by atoms with Gasteiger partial charge in [0.05, 0.1) is 7.11 Å². The van der Waals surface area contributed by atoms with E-state index >= 15 is 0 Å². The third kappa shape index (κ3) is 7.19. The van der Waals surface area contributed by atoms with Crippen molar-refractivity contribution in [2.75, 3.05) is 27.2 Å². The van der Waals surface area contributed by atoms with Crippen molar-refractivity contribution in [2.45, 2.75) is 19.5 Å². The number of methoxy groups -OCH3 is 1. The normalized spacial score (nSPS) is 11.4. The molecular formula is C19H23ClF2N4O2. The number of halogens is 3. The first-order valence-corrected chi connectivity index (χ1v) is 9.06. The molecule has 0 fully saturated rings. The molecule has 0 saturated carbocycles. The molecule has 0 bridgehead atoms. The smallest absolute Gasteiger partial charge is 0.387 e. The number of alkyl halides is 2. The molecule has 9 heteroatoms. The number of hydrogen-bond acceptors (Lipinski definition) is 4. The van der Waals surface area contributed by atoms with Crippen molar-refractivity contribution >= 4 is 17.6 Å². The van der Waals surface area contributed by atoms with E-state index in [0.29, 0.717) is 30.6 Å². The SMILES string of the molecule is CN=C(NCCc1ccc(Cl)nc1)NCCc1ccc(OC)c(OC(F)F)c1. The van der Waals surface area contributed by atoms with Gasteiger partial charge in [-0.05, 0) is 42.2 Å². The summed E-state index contributed by atoms with van der Waals surface area (Å²) < 4.78 is 34.6. The van der Waals surface area contributed by atoms with Gasteiger partial charge in [-0.2, -0.15) is 8.78 Å². The van der Waals surface area contributed by atoms with E-state index in [1.54, 1.807) is 31.4 Å². The second kappa shape index (κ2) is 11.3. The van der Waals surface area contributed by atoms with Crippen molar-refractivity contribution in [1.82, 2.24) is 15.6 Å². The van der Waals surface area contributed by atoms with Gasteiger partial charge >= 0.3 is 6.61 Å². The second-order valence-corrected chi connectivity index (χ2v) is 6.17. The Labute approximate surface area is 167 Å². The minimum atomic E-state index is -2.90. The van der Waals surface area contributed by atoms with Crippen LogP contribution in [0.15, 0.2) is 41.5 Å². The summed E-state index contributed by atoms with van der Waals surface area (Å²) in [6.07, 6.45) is 3.12. The molecule has 1 aromatic heterocycles. The van der Waals surface area contributed by atoms with Gasteiger partial charge in [-0.25, -0.2) is 4.98 Å². The van der Waals surface area contributed by atoms with E-state index in [1.807, 2.05) is 12.1 Å². The first-order valence-electron chi connectivity index (χ1n) is 8.68. The first-order chi connectivity index (χ1) is 13.5. The summed E-state index contributed by atoms with van der Waals surface area (Å²) in [6.45, 7) is -1.65. The maximum absolute atomic E-state index is 12.5. The number of rotatable bonds is 9. The first kappa shape index (κ1) is 21.7. The molecule has 2 rings (SSSR count). The van der Waals surface area contributed by atoms with Gasteiger partial charge in [-0.15, -0.1) is 0 Å². The molecule has 2 N–H and O–H groups in total. The maximum Gasteiger partial charge on any atom is 0.387 e. The molecule has 0 amide bonds. The number of guanidine groups is 1. The molecule has 0 aliphatic heterocycles. The minimum absolute atomic E-state index is 0.0223. The van der Waals surface area contributed by atoms with Crippen LogP contribution >= 0.6 is 11.6 Å². The second-order valence-electron chi connectivity index (χ2n) is 5.78. The highest BCUT2D eigenvalue weighted by atomic mass is 35.5. The van der Waals surface area contributed by atoms with Crippen molar-refractivity contribution < 1.29 is 18.3 Å². The van der Waals surface area contributed by atoms with Crippen LogP contribution in [0.25, 0.3) is 0 Å². The van der Waals surface area contributed by atoms with Crippen LogP contribution in [-0.2, 0) is 12.8 Å². The van der Waals surface area contributed by atoms with Gasteiger partial charge < -0.3 is 20.1 Å². The van der Waals surface area contributed by atoms with Crippen LogP contribution in [0.4, 0.5) is 8.78 Å². The lowest BCUT2D eigenvalue weighted by Crippen LogP contribution is -2.39. The lowest BCUT2D eigenvalue weighted by atomic mass is 10.1. The van der Waals surface area contributed by atoms with E-state index in [9.17, 15) is 8.78 Å². The standard InChI is InChI=1S/C19H23ClF2N4O2/c1-23-19(25-10-8-14-4-6-17(20)26-12-14)24-9-7-13-3-5-15(27-2)16(11-13)28-18(21)22/h3-6,11-12,18H,7-10H2,1-2H3,(H2,23,24,25). The molecule has 0 aliphatic rings. The topological polar surface area (TPSA) is 67.8 Å². The fourth-order valence-electron chi connectivity index (χ4n) is 2.49. The van der Waals surface area contributed by atoms with E-state index in [2.05, 4.69) is 25.3 Å². The van der Waals surface area contributed by atoms with E-state index in [1.165, 1.54) is 7.11 Å². The highest BCUT2D eigenvalue weighted by molar-refractivity contribution is 6.29. The van der Waals surface area contributed by atoms with Crippen molar-refractivity contribution in [1.29, 1.82) is 0 Å². The molecule has 0 atom stereocenters. The van der Waals surface area contributed by atoms with Crippen molar-refractivity contribution in [3.63, 3.8) is 0 Å². The number of aromatic nitrogens is 1. The van der Waals surface area contributed by atoms with E-state index < -0.39 is 6.61 Å². The predicted molar refractivity (Wildman–Crippen MR) is 106 cm³/mol. The van der Waals surface area contributed by atoms with Crippen molar-refractivity contribution in [3.8, 4) is 11.5 Å². The number of ether oxygens (including phenoxy) is 2. The Morgan fingerprint density at radius 1 is 1.11 bits per heavy atom. The lowest BCUT2D eigenvalue weighted by molar-refractivity contribution is -0.0512. The molecule has 2 aromatic rings. The van der Waals surface area contributed by atoms with Crippen LogP contribution < -0.4 is 20.1 Å². The Balaban J connectivity index is 1.79. The molecule has 6 nitrogen and oxygen atoms in total. The molecule has 0 aliphatic carbocycles. The van der Waals surface area contributed by atoms with Crippen LogP contribution in [0.1, 0.15) is 11.1 Å². The van der Waals surface area contributed by atoms with Crippen LogP contribution in [0.5, 0.6) is 11.5 Å². The van der Waals surface area contributed by atoms with E-state index in [4.69, 9.17) is 16.3 Å². The summed E-state index contributed by atoms with van der Waals surface area (Å²) in [5, 5.41) is 6.86. The van der Waals surface area contributed by atoms with Crippen LogP contribution in [0.3, 0.4) is 0 Å². The van der Waals surface area contributed by atoms with Gasteiger partial charge in [0.25, 0.3) is 0 Å². The average molecular weight is 413 g/mol. The molecule has 152 valence electrons. The molecule has 0 radical (unpaired) electrons. The monoisotopic (exact) mass is 412 g/mol. The minimum Gasteiger partial charge on any atom is -0.493 e. The van der Waals surface area contributed by atoms with Gasteiger partial charge in [0.1, 0.15) is 5.15 Å². The zero-order valence-corrected chi connectivity index (χ0v) is 16.5. The molecule has 28 heavy (non-hydrogen) atoms. The summed E-state index contributed by atoms with van der Waals surface area (Å²) in [5.41, 5.74) is 1.91. The molecular weight excluding hydrogens is 390 g/mol. The summed E-state index contributed by atoms with van der Waals surface area (Å²) in [5.74, 6) is 0.944. The third-order valence-corrected chi connectivity index (χ3v) is 4.09. The highest BCUT2D eigenvalue weighted by Gasteiger charge is 2.11. The average Bonchev–Trinajstić information content (AvgIpc) is 2.68. The van der Waals surface area contributed by atoms with Gasteiger partial charge in [-0.3, -0.25) is 4.99 Å². The van der Waals surface area contributed by atoms with Gasteiger partial charge in [0.15, 0.2) is 17.5 Å².